The lowest BCUT2D eigenvalue weighted by Gasteiger charge is -2.04. The van der Waals surface area contributed by atoms with E-state index in [4.69, 9.17) is 11.5 Å². The number of thiophene rings is 1. The monoisotopic (exact) mass is 229 g/mol. The van der Waals surface area contributed by atoms with Crippen molar-refractivity contribution in [1.29, 1.82) is 0 Å². The van der Waals surface area contributed by atoms with E-state index in [9.17, 15) is 9.59 Å². The minimum Gasteiger partial charge on any atom is -0.448 e. The first-order valence-corrected chi connectivity index (χ1v) is 5.02. The number of ether oxygens (including phenoxy) is 1. The lowest BCUT2D eigenvalue weighted by molar-refractivity contribution is 0.0941. The summed E-state index contributed by atoms with van der Waals surface area (Å²) in [5.41, 5.74) is 10.7. The minimum absolute atomic E-state index is 0.0480. The molecule has 0 atom stereocenters. The summed E-state index contributed by atoms with van der Waals surface area (Å²) in [5, 5.41) is 4.27. The van der Waals surface area contributed by atoms with Crippen LogP contribution in [0.1, 0.15) is 9.67 Å². The summed E-state index contributed by atoms with van der Waals surface area (Å²) >= 11 is 1.25. The van der Waals surface area contributed by atoms with Crippen molar-refractivity contribution in [3.63, 3.8) is 0 Å². The quantitative estimate of drug-likeness (QED) is 0.639. The van der Waals surface area contributed by atoms with Crippen LogP contribution < -0.4 is 16.8 Å². The molecule has 5 N–H and O–H groups in total. The third kappa shape index (κ3) is 3.47. The fraction of sp³-hybridized carbons (Fsp3) is 0.250. The molecule has 1 rings (SSSR count). The molecule has 0 aliphatic heterocycles. The number of nitrogens with one attached hydrogen (secondary N) is 1. The van der Waals surface area contributed by atoms with Gasteiger partial charge in [-0.25, -0.2) is 4.79 Å². The van der Waals surface area contributed by atoms with Gasteiger partial charge in [0.15, 0.2) is 0 Å². The Morgan fingerprint density at radius 3 is 2.80 bits per heavy atom. The molecule has 1 heterocycles. The molecule has 1 aromatic rings. The van der Waals surface area contributed by atoms with E-state index < -0.39 is 6.09 Å². The second-order valence-corrected chi connectivity index (χ2v) is 3.54. The molecule has 0 radical (unpaired) electrons. The van der Waals surface area contributed by atoms with Gasteiger partial charge in [0, 0.05) is 0 Å². The second-order valence-electron chi connectivity index (χ2n) is 2.63. The summed E-state index contributed by atoms with van der Waals surface area (Å²) in [6, 6.07) is 1.65. The van der Waals surface area contributed by atoms with Crippen LogP contribution in [0.2, 0.25) is 0 Å². The summed E-state index contributed by atoms with van der Waals surface area (Å²) in [4.78, 5) is 22.1. The van der Waals surface area contributed by atoms with Crippen molar-refractivity contribution < 1.29 is 14.3 Å². The highest BCUT2D eigenvalue weighted by molar-refractivity contribution is 7.12. The number of hydrogen-bond acceptors (Lipinski definition) is 5. The van der Waals surface area contributed by atoms with Crippen molar-refractivity contribution in [3.05, 3.63) is 16.3 Å². The molecule has 2 amide bonds. The van der Waals surface area contributed by atoms with Gasteiger partial charge in [-0.3, -0.25) is 4.79 Å². The number of amides is 2. The van der Waals surface area contributed by atoms with E-state index in [0.717, 1.165) is 0 Å². The van der Waals surface area contributed by atoms with E-state index in [1.54, 1.807) is 11.4 Å². The largest absolute Gasteiger partial charge is 0.448 e. The number of nitrogens with two attached hydrogens (primary N) is 2. The van der Waals surface area contributed by atoms with E-state index in [1.165, 1.54) is 11.3 Å². The van der Waals surface area contributed by atoms with Crippen LogP contribution in [0.15, 0.2) is 11.4 Å². The van der Waals surface area contributed by atoms with E-state index in [2.05, 4.69) is 10.1 Å². The highest BCUT2D eigenvalue weighted by Crippen LogP contribution is 2.17. The molecule has 0 aromatic carbocycles. The Morgan fingerprint density at radius 2 is 2.27 bits per heavy atom. The average Bonchev–Trinajstić information content (AvgIpc) is 2.58. The molecule has 1 aromatic heterocycles. The number of rotatable bonds is 4. The molecule has 0 saturated heterocycles. The Bertz CT molecular complexity index is 364. The number of primary amides is 1. The van der Waals surface area contributed by atoms with Gasteiger partial charge < -0.3 is 21.5 Å². The molecule has 82 valence electrons. The molecule has 7 heteroatoms. The smallest absolute Gasteiger partial charge is 0.404 e. The van der Waals surface area contributed by atoms with Crippen LogP contribution in [0, 0.1) is 0 Å². The molecule has 0 aliphatic rings. The van der Waals surface area contributed by atoms with E-state index >= 15 is 0 Å². The Kier molecular flexibility index (Phi) is 3.92. The third-order valence-electron chi connectivity index (χ3n) is 1.53. The summed E-state index contributed by atoms with van der Waals surface area (Å²) < 4.78 is 4.44. The normalized spacial score (nSPS) is 9.60. The van der Waals surface area contributed by atoms with Crippen LogP contribution in [-0.4, -0.2) is 25.2 Å². The Hall–Kier alpha value is -1.76. The lowest BCUT2D eigenvalue weighted by Crippen LogP contribution is -2.28. The first-order valence-electron chi connectivity index (χ1n) is 4.14. The van der Waals surface area contributed by atoms with Gasteiger partial charge >= 0.3 is 6.09 Å². The third-order valence-corrected chi connectivity index (χ3v) is 2.46. The summed E-state index contributed by atoms with van der Waals surface area (Å²) in [5.74, 6) is -0.282. The van der Waals surface area contributed by atoms with Gasteiger partial charge in [-0.1, -0.05) is 0 Å². The molecule has 0 spiro atoms. The molecule has 0 saturated carbocycles. The van der Waals surface area contributed by atoms with Crippen molar-refractivity contribution in [2.45, 2.75) is 0 Å². The summed E-state index contributed by atoms with van der Waals surface area (Å²) in [6.45, 7) is 0.255. The Morgan fingerprint density at radius 1 is 1.53 bits per heavy atom. The van der Waals surface area contributed by atoms with Crippen LogP contribution >= 0.6 is 11.3 Å². The van der Waals surface area contributed by atoms with Crippen LogP contribution in [0.3, 0.4) is 0 Å². The van der Waals surface area contributed by atoms with Crippen LogP contribution in [0.4, 0.5) is 10.5 Å². The number of hydrogen-bond donors (Lipinski definition) is 3. The van der Waals surface area contributed by atoms with Gasteiger partial charge in [0.1, 0.15) is 11.5 Å². The topological polar surface area (TPSA) is 107 Å². The van der Waals surface area contributed by atoms with Gasteiger partial charge in [-0.15, -0.1) is 11.3 Å². The maximum Gasteiger partial charge on any atom is 0.404 e. The zero-order valence-corrected chi connectivity index (χ0v) is 8.67. The fourth-order valence-electron chi connectivity index (χ4n) is 0.900. The van der Waals surface area contributed by atoms with Gasteiger partial charge in [0.25, 0.3) is 5.91 Å². The van der Waals surface area contributed by atoms with E-state index in [1.807, 2.05) is 0 Å². The van der Waals surface area contributed by atoms with Crippen LogP contribution in [0.25, 0.3) is 0 Å². The summed E-state index contributed by atoms with van der Waals surface area (Å²) in [6.07, 6.45) is -0.861. The van der Waals surface area contributed by atoms with Gasteiger partial charge in [-0.2, -0.15) is 0 Å². The Balaban J connectivity index is 2.31. The number of nitrogen functional groups attached to an aromatic ring is 1. The zero-order valence-electron chi connectivity index (χ0n) is 7.86. The second kappa shape index (κ2) is 5.20. The van der Waals surface area contributed by atoms with Crippen LogP contribution in [0.5, 0.6) is 0 Å². The standard InChI is InChI=1S/C8H11N3O3S/c9-5-1-4-15-6(5)7(12)11-2-3-14-8(10)13/h1,4H,2-3,9H2,(H2,10,13)(H,11,12). The predicted molar refractivity (Wildman–Crippen MR) is 56.6 cm³/mol. The van der Waals surface area contributed by atoms with Crippen LogP contribution in [-0.2, 0) is 4.74 Å². The van der Waals surface area contributed by atoms with Gasteiger partial charge in [0.05, 0.1) is 12.2 Å². The van der Waals surface area contributed by atoms with E-state index in [0.29, 0.717) is 10.6 Å². The molecule has 0 bridgehead atoms. The maximum absolute atomic E-state index is 11.4. The van der Waals surface area contributed by atoms with Crippen molar-refractivity contribution in [3.8, 4) is 0 Å². The van der Waals surface area contributed by atoms with Crippen molar-refractivity contribution in [2.75, 3.05) is 18.9 Å². The minimum atomic E-state index is -0.861. The maximum atomic E-state index is 11.4. The summed E-state index contributed by atoms with van der Waals surface area (Å²) in [7, 11) is 0. The Labute approximate surface area is 90.2 Å². The first kappa shape index (κ1) is 11.3. The van der Waals surface area contributed by atoms with Crippen molar-refractivity contribution in [1.82, 2.24) is 5.32 Å². The molecular weight excluding hydrogens is 218 g/mol. The van der Waals surface area contributed by atoms with Crippen molar-refractivity contribution >= 4 is 29.0 Å². The van der Waals surface area contributed by atoms with Gasteiger partial charge in [0.2, 0.25) is 0 Å². The molecule has 6 nitrogen and oxygen atoms in total. The van der Waals surface area contributed by atoms with E-state index in [-0.39, 0.29) is 19.1 Å². The van der Waals surface area contributed by atoms with Crippen molar-refractivity contribution in [2.24, 2.45) is 5.73 Å². The highest BCUT2D eigenvalue weighted by atomic mass is 32.1. The van der Waals surface area contributed by atoms with Gasteiger partial charge in [-0.05, 0) is 11.4 Å². The molecular formula is C8H11N3O3S. The SMILES string of the molecule is NC(=O)OCCNC(=O)c1sccc1N. The number of carbonyl (C=O) groups is 2. The molecule has 0 aliphatic carbocycles. The lowest BCUT2D eigenvalue weighted by atomic mass is 10.4. The predicted octanol–water partition coefficient (Wildman–Crippen LogP) is 0.155. The number of anilines is 1. The first-order chi connectivity index (χ1) is 7.11. The zero-order chi connectivity index (χ0) is 11.3. The highest BCUT2D eigenvalue weighted by Gasteiger charge is 2.09. The molecule has 0 unspecified atom stereocenters. The molecule has 0 fully saturated rings. The number of carbonyl (C=O) groups excluding carboxylic acids is 2. The molecule has 15 heavy (non-hydrogen) atoms. The fourth-order valence-corrected chi connectivity index (χ4v) is 1.63. The average molecular weight is 229 g/mol.